The zero-order chi connectivity index (χ0) is 18.4. The van der Waals surface area contributed by atoms with E-state index in [1.54, 1.807) is 6.92 Å². The molecule has 0 saturated heterocycles. The molecule has 25 heavy (non-hydrogen) atoms. The summed E-state index contributed by atoms with van der Waals surface area (Å²) < 4.78 is 5.14. The molecule has 0 radical (unpaired) electrons. The van der Waals surface area contributed by atoms with Gasteiger partial charge in [0.05, 0.1) is 30.8 Å². The van der Waals surface area contributed by atoms with Crippen LogP contribution in [0.5, 0.6) is 0 Å². The van der Waals surface area contributed by atoms with Gasteiger partial charge in [-0.05, 0) is 43.2 Å². The van der Waals surface area contributed by atoms with Gasteiger partial charge in [0.25, 0.3) is 0 Å². The highest BCUT2D eigenvalue weighted by atomic mass is 16.5. The van der Waals surface area contributed by atoms with Crippen LogP contribution in [0.1, 0.15) is 43.2 Å². The van der Waals surface area contributed by atoms with Gasteiger partial charge in [0.15, 0.2) is 0 Å². The summed E-state index contributed by atoms with van der Waals surface area (Å²) >= 11 is 0. The minimum absolute atomic E-state index is 0.205. The first kappa shape index (κ1) is 19.8. The van der Waals surface area contributed by atoms with Gasteiger partial charge in [-0.3, -0.25) is 4.79 Å². The molecule has 1 aromatic rings. The SMILES string of the molecule is C[C@H](C(=O)OCC(N)(CO)CO)c1ccc(C[C@H]2CCC[C@@H]2O)cc1. The van der Waals surface area contributed by atoms with Gasteiger partial charge in [-0.15, -0.1) is 0 Å². The molecular weight excluding hydrogens is 322 g/mol. The number of nitrogens with two attached hydrogens (primary N) is 1. The summed E-state index contributed by atoms with van der Waals surface area (Å²) in [6.07, 6.45) is 3.67. The lowest BCUT2D eigenvalue weighted by molar-refractivity contribution is -0.148. The van der Waals surface area contributed by atoms with E-state index in [1.165, 1.54) is 0 Å². The molecule has 1 aliphatic carbocycles. The molecule has 0 heterocycles. The number of aliphatic hydroxyl groups excluding tert-OH is 3. The number of esters is 1. The minimum atomic E-state index is -1.32. The predicted molar refractivity (Wildman–Crippen MR) is 94.0 cm³/mol. The second kappa shape index (κ2) is 8.76. The van der Waals surface area contributed by atoms with Crippen molar-refractivity contribution in [1.29, 1.82) is 0 Å². The van der Waals surface area contributed by atoms with Crippen molar-refractivity contribution in [1.82, 2.24) is 0 Å². The van der Waals surface area contributed by atoms with Gasteiger partial charge in [-0.2, -0.15) is 0 Å². The number of carbonyl (C=O) groups excluding carboxylic acids is 1. The Bertz CT molecular complexity index is 555. The Morgan fingerprint density at radius 3 is 2.44 bits per heavy atom. The van der Waals surface area contributed by atoms with E-state index in [4.69, 9.17) is 20.7 Å². The van der Waals surface area contributed by atoms with Crippen LogP contribution < -0.4 is 5.73 Å². The molecule has 1 fully saturated rings. The van der Waals surface area contributed by atoms with E-state index in [0.29, 0.717) is 5.92 Å². The third-order valence-corrected chi connectivity index (χ3v) is 5.08. The van der Waals surface area contributed by atoms with Gasteiger partial charge in [0.2, 0.25) is 0 Å². The van der Waals surface area contributed by atoms with E-state index >= 15 is 0 Å². The predicted octanol–water partition coefficient (Wildman–Crippen LogP) is 0.719. The molecule has 3 atom stereocenters. The first-order chi connectivity index (χ1) is 11.9. The molecule has 1 aliphatic rings. The molecule has 6 nitrogen and oxygen atoms in total. The maximum atomic E-state index is 12.2. The lowest BCUT2D eigenvalue weighted by Crippen LogP contribution is -2.52. The van der Waals surface area contributed by atoms with E-state index < -0.39 is 30.6 Å². The Kier molecular flexibility index (Phi) is 6.95. The fourth-order valence-corrected chi connectivity index (χ4v) is 3.12. The summed E-state index contributed by atoms with van der Waals surface area (Å²) in [6, 6.07) is 7.77. The van der Waals surface area contributed by atoms with E-state index in [0.717, 1.165) is 36.8 Å². The summed E-state index contributed by atoms with van der Waals surface area (Å²) in [5.41, 5.74) is 6.36. The van der Waals surface area contributed by atoms with Crippen molar-refractivity contribution in [3.8, 4) is 0 Å². The van der Waals surface area contributed by atoms with Gasteiger partial charge in [-0.25, -0.2) is 0 Å². The monoisotopic (exact) mass is 351 g/mol. The minimum Gasteiger partial charge on any atom is -0.463 e. The molecule has 6 heteroatoms. The summed E-state index contributed by atoms with van der Waals surface area (Å²) in [6.45, 7) is 0.578. The van der Waals surface area contributed by atoms with Gasteiger partial charge in [0, 0.05) is 0 Å². The van der Waals surface area contributed by atoms with Crippen molar-refractivity contribution in [2.45, 2.75) is 50.2 Å². The highest BCUT2D eigenvalue weighted by Gasteiger charge is 2.27. The summed E-state index contributed by atoms with van der Waals surface area (Å²) in [4.78, 5) is 12.2. The maximum absolute atomic E-state index is 12.2. The number of rotatable bonds is 8. The second-order valence-corrected chi connectivity index (χ2v) is 7.21. The molecule has 1 aromatic carbocycles. The van der Waals surface area contributed by atoms with Gasteiger partial charge in [0.1, 0.15) is 6.61 Å². The Hall–Kier alpha value is -1.47. The van der Waals surface area contributed by atoms with Crippen molar-refractivity contribution in [3.05, 3.63) is 35.4 Å². The maximum Gasteiger partial charge on any atom is 0.313 e. The molecule has 0 spiro atoms. The van der Waals surface area contributed by atoms with E-state index in [-0.39, 0.29) is 12.7 Å². The molecule has 0 amide bonds. The van der Waals surface area contributed by atoms with Crippen LogP contribution in [0.4, 0.5) is 0 Å². The average molecular weight is 351 g/mol. The molecular formula is C19H29NO5. The quantitative estimate of drug-likeness (QED) is 0.513. The highest BCUT2D eigenvalue weighted by molar-refractivity contribution is 5.77. The lowest BCUT2D eigenvalue weighted by atomic mass is 9.93. The van der Waals surface area contributed by atoms with E-state index in [1.807, 2.05) is 24.3 Å². The summed E-state index contributed by atoms with van der Waals surface area (Å²) in [7, 11) is 0. The van der Waals surface area contributed by atoms with Crippen LogP contribution >= 0.6 is 0 Å². The smallest absolute Gasteiger partial charge is 0.313 e. The third kappa shape index (κ3) is 5.25. The van der Waals surface area contributed by atoms with Crippen molar-refractivity contribution in [2.75, 3.05) is 19.8 Å². The third-order valence-electron chi connectivity index (χ3n) is 5.08. The first-order valence-electron chi connectivity index (χ1n) is 8.82. The Morgan fingerprint density at radius 1 is 1.28 bits per heavy atom. The highest BCUT2D eigenvalue weighted by Crippen LogP contribution is 2.29. The van der Waals surface area contributed by atoms with Crippen molar-refractivity contribution < 1.29 is 24.9 Å². The number of carbonyl (C=O) groups is 1. The fraction of sp³-hybridized carbons (Fsp3) is 0.632. The topological polar surface area (TPSA) is 113 Å². The van der Waals surface area contributed by atoms with Gasteiger partial charge in [-0.1, -0.05) is 30.7 Å². The molecule has 2 rings (SSSR count). The van der Waals surface area contributed by atoms with Crippen LogP contribution in [-0.4, -0.2) is 52.8 Å². The number of hydrogen-bond donors (Lipinski definition) is 4. The molecule has 0 aliphatic heterocycles. The summed E-state index contributed by atoms with van der Waals surface area (Å²) in [5, 5.41) is 28.2. The van der Waals surface area contributed by atoms with Crippen molar-refractivity contribution in [2.24, 2.45) is 11.7 Å². The number of aliphatic hydroxyl groups is 3. The van der Waals surface area contributed by atoms with E-state index in [2.05, 4.69) is 0 Å². The fourth-order valence-electron chi connectivity index (χ4n) is 3.12. The second-order valence-electron chi connectivity index (χ2n) is 7.21. The zero-order valence-electron chi connectivity index (χ0n) is 14.7. The van der Waals surface area contributed by atoms with Gasteiger partial charge >= 0.3 is 5.97 Å². The summed E-state index contributed by atoms with van der Waals surface area (Å²) in [5.74, 6) is -0.591. The van der Waals surface area contributed by atoms with Crippen LogP contribution in [0.25, 0.3) is 0 Å². The Balaban J connectivity index is 1.90. The Labute approximate surface area is 148 Å². The molecule has 5 N–H and O–H groups in total. The standard InChI is InChI=1S/C19H29NO5/c1-13(18(24)25-12-19(20,10-21)11-22)15-7-5-14(6-8-15)9-16-3-2-4-17(16)23/h5-8,13,16-17,21-23H,2-4,9-12,20H2,1H3/t13-,16+,17-/m0/s1. The molecule has 0 bridgehead atoms. The normalized spacial score (nSPS) is 22.0. The van der Waals surface area contributed by atoms with Gasteiger partial charge < -0.3 is 25.8 Å². The number of benzene rings is 1. The Morgan fingerprint density at radius 2 is 1.92 bits per heavy atom. The zero-order valence-corrected chi connectivity index (χ0v) is 14.7. The molecule has 1 saturated carbocycles. The van der Waals surface area contributed by atoms with Crippen LogP contribution in [-0.2, 0) is 16.0 Å². The molecule has 0 unspecified atom stereocenters. The molecule has 140 valence electrons. The van der Waals surface area contributed by atoms with Crippen LogP contribution in [0.15, 0.2) is 24.3 Å². The molecule has 0 aromatic heterocycles. The van der Waals surface area contributed by atoms with Crippen LogP contribution in [0.3, 0.4) is 0 Å². The number of ether oxygens (including phenoxy) is 1. The number of hydrogen-bond acceptors (Lipinski definition) is 6. The van der Waals surface area contributed by atoms with Crippen LogP contribution in [0, 0.1) is 5.92 Å². The average Bonchev–Trinajstić information content (AvgIpc) is 3.04. The van der Waals surface area contributed by atoms with Crippen molar-refractivity contribution in [3.63, 3.8) is 0 Å². The van der Waals surface area contributed by atoms with Crippen LogP contribution in [0.2, 0.25) is 0 Å². The van der Waals surface area contributed by atoms with Crippen molar-refractivity contribution >= 4 is 5.97 Å². The van der Waals surface area contributed by atoms with E-state index in [9.17, 15) is 9.90 Å². The largest absolute Gasteiger partial charge is 0.463 e. The lowest BCUT2D eigenvalue weighted by Gasteiger charge is -2.24. The first-order valence-corrected chi connectivity index (χ1v) is 8.82.